The first kappa shape index (κ1) is 32.9. The summed E-state index contributed by atoms with van der Waals surface area (Å²) in [6, 6.07) is 9.72. The molecule has 0 spiro atoms. The van der Waals surface area contributed by atoms with Crippen LogP contribution in [0.2, 0.25) is 5.02 Å². The van der Waals surface area contributed by atoms with Gasteiger partial charge < -0.3 is 29.4 Å². The van der Waals surface area contributed by atoms with Gasteiger partial charge in [0.2, 0.25) is 5.91 Å². The summed E-state index contributed by atoms with van der Waals surface area (Å²) in [6.45, 7) is 5.55. The van der Waals surface area contributed by atoms with Crippen molar-refractivity contribution in [1.29, 1.82) is 0 Å². The highest BCUT2D eigenvalue weighted by atomic mass is 35.5. The molecule has 5 rings (SSSR count). The first-order valence-electron chi connectivity index (χ1n) is 15.8. The molecule has 2 N–H and O–H groups in total. The molecular formula is C34H41ClFN3O6. The molecule has 2 fully saturated rings. The zero-order chi connectivity index (χ0) is 31.9. The van der Waals surface area contributed by atoms with E-state index in [1.54, 1.807) is 11.1 Å². The maximum Gasteiger partial charge on any atom is 0.308 e. The Bertz CT molecular complexity index is 1500. The van der Waals surface area contributed by atoms with Crippen LogP contribution in [0.3, 0.4) is 0 Å². The molecule has 0 radical (unpaired) electrons. The van der Waals surface area contributed by atoms with Crippen LogP contribution in [-0.2, 0) is 30.2 Å². The van der Waals surface area contributed by atoms with Gasteiger partial charge in [0.15, 0.2) is 0 Å². The summed E-state index contributed by atoms with van der Waals surface area (Å²) in [5.74, 6) is -1.54. The lowest BCUT2D eigenvalue weighted by atomic mass is 9.87. The zero-order valence-corrected chi connectivity index (χ0v) is 26.5. The Balaban J connectivity index is 1.21. The van der Waals surface area contributed by atoms with E-state index in [0.29, 0.717) is 38.3 Å². The number of para-hydroxylation sites is 1. The van der Waals surface area contributed by atoms with Gasteiger partial charge in [-0.1, -0.05) is 36.7 Å². The monoisotopic (exact) mass is 641 g/mol. The Morgan fingerprint density at radius 1 is 1.07 bits per heavy atom. The van der Waals surface area contributed by atoms with Gasteiger partial charge in [0.1, 0.15) is 5.82 Å². The first-order valence-corrected chi connectivity index (χ1v) is 16.2. The minimum atomic E-state index is -0.633. The fourth-order valence-corrected chi connectivity index (χ4v) is 6.48. The Morgan fingerprint density at radius 2 is 1.84 bits per heavy atom. The van der Waals surface area contributed by atoms with Crippen LogP contribution in [-0.4, -0.2) is 72.3 Å². The number of H-pyrrole nitrogens is 1. The molecule has 3 aromatic rings. The number of esters is 1. The van der Waals surface area contributed by atoms with Gasteiger partial charge in [-0.3, -0.25) is 14.4 Å². The zero-order valence-electron chi connectivity index (χ0n) is 25.8. The third kappa shape index (κ3) is 8.04. The largest absolute Gasteiger partial charge is 0.466 e. The third-order valence-electron chi connectivity index (χ3n) is 8.63. The van der Waals surface area contributed by atoms with Crippen LogP contribution in [0.15, 0.2) is 42.6 Å². The van der Waals surface area contributed by atoms with E-state index in [4.69, 9.17) is 25.8 Å². The second-order valence-electron chi connectivity index (χ2n) is 11.8. The van der Waals surface area contributed by atoms with Gasteiger partial charge in [-0.2, -0.15) is 0 Å². The van der Waals surface area contributed by atoms with Crippen molar-refractivity contribution in [2.75, 3.05) is 31.7 Å². The summed E-state index contributed by atoms with van der Waals surface area (Å²) in [6.07, 6.45) is 5.73. The number of hydrogen-bond donors (Lipinski definition) is 2. The number of benzene rings is 2. The van der Waals surface area contributed by atoms with Crippen LogP contribution < -0.4 is 5.32 Å². The van der Waals surface area contributed by atoms with E-state index in [1.165, 1.54) is 6.07 Å². The van der Waals surface area contributed by atoms with Crippen LogP contribution in [0.25, 0.3) is 10.9 Å². The highest BCUT2D eigenvalue weighted by Gasteiger charge is 2.37. The number of likely N-dealkylation sites (tertiary alicyclic amines) is 1. The number of amides is 2. The highest BCUT2D eigenvalue weighted by Crippen LogP contribution is 2.31. The van der Waals surface area contributed by atoms with Crippen molar-refractivity contribution in [3.8, 4) is 0 Å². The molecule has 11 heteroatoms. The van der Waals surface area contributed by atoms with Crippen molar-refractivity contribution in [2.24, 2.45) is 5.92 Å². The number of aromatic nitrogens is 1. The number of hydrogen-bond acceptors (Lipinski definition) is 6. The van der Waals surface area contributed by atoms with Crippen molar-refractivity contribution < 1.29 is 33.0 Å². The summed E-state index contributed by atoms with van der Waals surface area (Å²) in [5.41, 5.74) is 1.49. The van der Waals surface area contributed by atoms with E-state index in [2.05, 4.69) is 10.3 Å². The molecule has 1 saturated heterocycles. The van der Waals surface area contributed by atoms with Crippen LogP contribution >= 0.6 is 11.6 Å². The van der Waals surface area contributed by atoms with Crippen molar-refractivity contribution >= 4 is 46.0 Å². The Morgan fingerprint density at radius 3 is 2.60 bits per heavy atom. The molecule has 2 aromatic carbocycles. The van der Waals surface area contributed by atoms with E-state index in [-0.39, 0.29) is 58.7 Å². The SMILES string of the molecule is CCCO[C@H]1CC(COC2CCC(C(=O)OCC)CC2)N(C(=O)Cc2cc(Cl)c(NC(=O)c3c[nH]c4ccccc34)cc2F)C1. The maximum absolute atomic E-state index is 15.3. The van der Waals surface area contributed by atoms with Gasteiger partial charge in [-0.25, -0.2) is 4.39 Å². The Labute approximate surface area is 267 Å². The van der Waals surface area contributed by atoms with Gasteiger partial charge >= 0.3 is 5.97 Å². The van der Waals surface area contributed by atoms with Gasteiger partial charge in [-0.15, -0.1) is 0 Å². The molecule has 1 aliphatic carbocycles. The normalized spacial score (nSPS) is 21.6. The van der Waals surface area contributed by atoms with Gasteiger partial charge in [0.05, 0.1) is 60.1 Å². The molecular weight excluding hydrogens is 601 g/mol. The number of carbonyl (C=O) groups is 3. The van der Waals surface area contributed by atoms with E-state index >= 15 is 4.39 Å². The summed E-state index contributed by atoms with van der Waals surface area (Å²) >= 11 is 6.48. The number of rotatable bonds is 12. The van der Waals surface area contributed by atoms with E-state index in [1.807, 2.05) is 38.1 Å². The quantitative estimate of drug-likeness (QED) is 0.225. The molecule has 2 heterocycles. The second-order valence-corrected chi connectivity index (χ2v) is 12.2. The van der Waals surface area contributed by atoms with Crippen molar-refractivity contribution in [3.05, 3.63) is 64.6 Å². The van der Waals surface area contributed by atoms with Gasteiger partial charge in [0, 0.05) is 30.3 Å². The highest BCUT2D eigenvalue weighted by molar-refractivity contribution is 6.34. The number of nitrogens with zero attached hydrogens (tertiary/aromatic N) is 1. The van der Waals surface area contributed by atoms with E-state index in [9.17, 15) is 14.4 Å². The molecule has 2 atom stereocenters. The van der Waals surface area contributed by atoms with Crippen LogP contribution in [0.4, 0.5) is 10.1 Å². The second kappa shape index (κ2) is 15.2. The lowest BCUT2D eigenvalue weighted by Gasteiger charge is -2.30. The smallest absolute Gasteiger partial charge is 0.308 e. The van der Waals surface area contributed by atoms with E-state index in [0.717, 1.165) is 49.1 Å². The minimum absolute atomic E-state index is 0.00602. The average molecular weight is 642 g/mol. The summed E-state index contributed by atoms with van der Waals surface area (Å²) in [4.78, 5) is 43.4. The van der Waals surface area contributed by atoms with Gasteiger partial charge in [-0.05, 0) is 69.2 Å². The Hall–Kier alpha value is -3.47. The lowest BCUT2D eigenvalue weighted by molar-refractivity contribution is -0.150. The molecule has 1 aliphatic heterocycles. The fourth-order valence-electron chi connectivity index (χ4n) is 6.25. The number of carbonyl (C=O) groups excluding carboxylic acids is 3. The van der Waals surface area contributed by atoms with Crippen molar-refractivity contribution in [1.82, 2.24) is 9.88 Å². The Kier molecular flexibility index (Phi) is 11.1. The van der Waals surface area contributed by atoms with Crippen LogP contribution in [0, 0.1) is 11.7 Å². The number of fused-ring (bicyclic) bond motifs is 1. The summed E-state index contributed by atoms with van der Waals surface area (Å²) in [7, 11) is 0. The molecule has 1 unspecified atom stereocenters. The number of halogens is 2. The van der Waals surface area contributed by atoms with Crippen LogP contribution in [0.1, 0.15) is 68.3 Å². The predicted octanol–water partition coefficient (Wildman–Crippen LogP) is 6.29. The summed E-state index contributed by atoms with van der Waals surface area (Å²) in [5, 5.41) is 3.57. The molecule has 1 saturated carbocycles. The summed E-state index contributed by atoms with van der Waals surface area (Å²) < 4.78 is 32.7. The number of anilines is 1. The van der Waals surface area contributed by atoms with E-state index < -0.39 is 11.7 Å². The molecule has 0 bridgehead atoms. The molecule has 1 aromatic heterocycles. The topological polar surface area (TPSA) is 110 Å². The molecule has 2 amide bonds. The first-order chi connectivity index (χ1) is 21.8. The fraction of sp³-hybridized carbons (Fsp3) is 0.500. The minimum Gasteiger partial charge on any atom is -0.466 e. The molecule has 9 nitrogen and oxygen atoms in total. The number of nitrogens with one attached hydrogen (secondary N) is 2. The van der Waals surface area contributed by atoms with Crippen molar-refractivity contribution in [3.63, 3.8) is 0 Å². The molecule has 45 heavy (non-hydrogen) atoms. The molecule has 2 aliphatic rings. The van der Waals surface area contributed by atoms with Crippen molar-refractivity contribution in [2.45, 2.75) is 77.0 Å². The van der Waals surface area contributed by atoms with Gasteiger partial charge in [0.25, 0.3) is 5.91 Å². The molecule has 242 valence electrons. The predicted molar refractivity (Wildman–Crippen MR) is 170 cm³/mol. The lowest BCUT2D eigenvalue weighted by Crippen LogP contribution is -2.40. The number of ether oxygens (including phenoxy) is 3. The average Bonchev–Trinajstić information content (AvgIpc) is 3.66. The standard InChI is InChI=1S/C34H41ClFN3O6/c1-3-13-44-25-16-23(20-45-24-11-9-21(10-12-24)34(42)43-4-2)39(19-25)32(40)15-22-14-28(35)31(17-29(22)36)38-33(41)27-18-37-30-8-6-5-7-26(27)30/h5-8,14,17-18,21,23-25,37H,3-4,9-13,15-16,19-20H2,1-2H3,(H,38,41)/t21?,23?,24?,25-/m0/s1. The maximum atomic E-state index is 15.3. The third-order valence-corrected chi connectivity index (χ3v) is 8.95. The number of aromatic amines is 1. The van der Waals surface area contributed by atoms with Crippen LogP contribution in [0.5, 0.6) is 0 Å².